The molecule has 0 aliphatic rings. The van der Waals surface area contributed by atoms with Crippen molar-refractivity contribution in [3.63, 3.8) is 0 Å². The van der Waals surface area contributed by atoms with Crippen LogP contribution in [0.15, 0.2) is 12.2 Å². The van der Waals surface area contributed by atoms with E-state index in [1.165, 1.54) is 64.2 Å². The number of carbonyl (C=O) groups excluding carboxylic acids is 1. The lowest BCUT2D eigenvalue weighted by Gasteiger charge is -2.09. The van der Waals surface area contributed by atoms with E-state index in [2.05, 4.69) is 32.9 Å². The van der Waals surface area contributed by atoms with Gasteiger partial charge in [0.2, 0.25) is 0 Å². The molecule has 0 aliphatic heterocycles. The van der Waals surface area contributed by atoms with E-state index in [9.17, 15) is 4.79 Å². The molecule has 0 amide bonds. The first kappa shape index (κ1) is 20.4. The van der Waals surface area contributed by atoms with Crippen molar-refractivity contribution in [3.8, 4) is 0 Å². The van der Waals surface area contributed by atoms with E-state index in [-0.39, 0.29) is 0 Å². The van der Waals surface area contributed by atoms with Gasteiger partial charge in [0.25, 0.3) is 0 Å². The summed E-state index contributed by atoms with van der Waals surface area (Å²) in [4.78, 5) is 10.2. The van der Waals surface area contributed by atoms with Crippen LogP contribution in [0.2, 0.25) is 0 Å². The predicted octanol–water partition coefficient (Wildman–Crippen LogP) is 6.71. The van der Waals surface area contributed by atoms with Crippen molar-refractivity contribution in [3.05, 3.63) is 12.2 Å². The van der Waals surface area contributed by atoms with Gasteiger partial charge in [-0.2, -0.15) is 0 Å². The fourth-order valence-corrected chi connectivity index (χ4v) is 2.63. The molecule has 1 nitrogen and oxygen atoms in total. The molecule has 0 radical (unpaired) electrons. The Bertz CT molecular complexity index is 242. The van der Waals surface area contributed by atoms with Crippen molar-refractivity contribution in [2.45, 2.75) is 97.8 Å². The molecule has 0 aliphatic carbocycles. The van der Waals surface area contributed by atoms with Crippen LogP contribution in [-0.2, 0) is 4.79 Å². The Morgan fingerprint density at radius 2 is 1.33 bits per heavy atom. The minimum absolute atomic E-state index is 0.745. The lowest BCUT2D eigenvalue weighted by atomic mass is 9.97. The molecule has 0 rings (SSSR count). The van der Waals surface area contributed by atoms with Crippen LogP contribution in [0.4, 0.5) is 0 Å². The summed E-state index contributed by atoms with van der Waals surface area (Å²) in [6.45, 7) is 7.01. The molecule has 1 heteroatoms. The van der Waals surface area contributed by atoms with Crippen molar-refractivity contribution < 1.29 is 4.79 Å². The smallest absolute Gasteiger partial charge is 0.119 e. The largest absolute Gasteiger partial charge is 0.303 e. The van der Waals surface area contributed by atoms with Crippen LogP contribution in [0.1, 0.15) is 97.8 Å². The van der Waals surface area contributed by atoms with Crippen molar-refractivity contribution in [1.29, 1.82) is 0 Å². The Balaban J connectivity index is 3.28. The van der Waals surface area contributed by atoms with Crippen LogP contribution in [0.25, 0.3) is 0 Å². The number of hydrogen-bond acceptors (Lipinski definition) is 1. The van der Waals surface area contributed by atoms with Gasteiger partial charge in [0.1, 0.15) is 6.29 Å². The second-order valence-corrected chi connectivity index (χ2v) is 7.00. The Hall–Kier alpha value is -0.590. The van der Waals surface area contributed by atoms with Gasteiger partial charge in [-0.15, -0.1) is 0 Å². The van der Waals surface area contributed by atoms with Crippen LogP contribution in [0.3, 0.4) is 0 Å². The van der Waals surface area contributed by atoms with Gasteiger partial charge >= 0.3 is 0 Å². The first-order valence-electron chi connectivity index (χ1n) is 9.25. The molecule has 0 heterocycles. The fraction of sp³-hybridized carbons (Fsp3) is 0.850. The number of allylic oxidation sites excluding steroid dienone is 2. The first-order chi connectivity index (χ1) is 10.2. The van der Waals surface area contributed by atoms with Crippen LogP contribution < -0.4 is 0 Å². The number of rotatable bonds is 15. The van der Waals surface area contributed by atoms with E-state index >= 15 is 0 Å². The van der Waals surface area contributed by atoms with E-state index in [0.717, 1.165) is 31.0 Å². The summed E-state index contributed by atoms with van der Waals surface area (Å²) < 4.78 is 0. The molecule has 0 bridgehead atoms. The average molecular weight is 295 g/mol. The molecular weight excluding hydrogens is 256 g/mol. The van der Waals surface area contributed by atoms with Crippen LogP contribution in [0, 0.1) is 11.8 Å². The highest BCUT2D eigenvalue weighted by atomic mass is 16.1. The molecule has 0 saturated carbocycles. The van der Waals surface area contributed by atoms with Gasteiger partial charge in [-0.3, -0.25) is 0 Å². The normalized spacial score (nSPS) is 13.1. The molecular formula is C20H38O. The fourth-order valence-electron chi connectivity index (χ4n) is 2.63. The van der Waals surface area contributed by atoms with Crippen molar-refractivity contribution in [2.24, 2.45) is 11.8 Å². The standard InChI is InChI=1S/C20H38O/c1-19(2)15-12-13-17-20(3)16-11-9-7-5-4-6-8-10-14-18-21/h9,11,18-20H,4-8,10,12-17H2,1-3H3/b11-9-. The van der Waals surface area contributed by atoms with E-state index in [4.69, 9.17) is 0 Å². The van der Waals surface area contributed by atoms with Crippen molar-refractivity contribution >= 4 is 6.29 Å². The highest BCUT2D eigenvalue weighted by Gasteiger charge is 2.00. The molecule has 0 N–H and O–H groups in total. The topological polar surface area (TPSA) is 17.1 Å². The summed E-state index contributed by atoms with van der Waals surface area (Å²) in [7, 11) is 0. The maximum atomic E-state index is 10.2. The lowest BCUT2D eigenvalue weighted by molar-refractivity contribution is -0.107. The molecule has 0 aromatic heterocycles. The Labute approximate surface area is 133 Å². The van der Waals surface area contributed by atoms with E-state index < -0.39 is 0 Å². The Morgan fingerprint density at radius 1 is 0.714 bits per heavy atom. The van der Waals surface area contributed by atoms with Gasteiger partial charge in [0, 0.05) is 6.42 Å². The van der Waals surface area contributed by atoms with Gasteiger partial charge in [0.15, 0.2) is 0 Å². The summed E-state index contributed by atoms with van der Waals surface area (Å²) in [5, 5.41) is 0. The number of aldehydes is 1. The Kier molecular flexibility index (Phi) is 15.3. The minimum Gasteiger partial charge on any atom is -0.303 e. The van der Waals surface area contributed by atoms with E-state index in [0.29, 0.717) is 0 Å². The van der Waals surface area contributed by atoms with E-state index in [1.807, 2.05) is 0 Å². The molecule has 21 heavy (non-hydrogen) atoms. The zero-order valence-corrected chi connectivity index (χ0v) is 14.8. The van der Waals surface area contributed by atoms with Gasteiger partial charge < -0.3 is 4.79 Å². The SMILES string of the molecule is CC(C)CCCCC(C)C/C=C\CCCCCCCC=O. The summed E-state index contributed by atoms with van der Waals surface area (Å²) >= 11 is 0. The van der Waals surface area contributed by atoms with Gasteiger partial charge in [-0.05, 0) is 37.5 Å². The predicted molar refractivity (Wildman–Crippen MR) is 94.6 cm³/mol. The monoisotopic (exact) mass is 294 g/mol. The number of carbonyl (C=O) groups is 1. The summed E-state index contributed by atoms with van der Waals surface area (Å²) in [5.41, 5.74) is 0. The second kappa shape index (κ2) is 15.8. The third kappa shape index (κ3) is 17.4. The molecule has 0 saturated heterocycles. The number of unbranched alkanes of at least 4 members (excludes halogenated alkanes) is 7. The molecule has 0 aromatic carbocycles. The van der Waals surface area contributed by atoms with Crippen molar-refractivity contribution in [2.75, 3.05) is 0 Å². The second-order valence-electron chi connectivity index (χ2n) is 7.00. The third-order valence-corrected chi connectivity index (χ3v) is 4.13. The van der Waals surface area contributed by atoms with Gasteiger partial charge in [-0.1, -0.05) is 77.9 Å². The first-order valence-corrected chi connectivity index (χ1v) is 9.25. The number of hydrogen-bond donors (Lipinski definition) is 0. The Morgan fingerprint density at radius 3 is 2.00 bits per heavy atom. The summed E-state index contributed by atoms with van der Waals surface area (Å²) in [5.74, 6) is 1.70. The maximum absolute atomic E-state index is 10.2. The zero-order chi connectivity index (χ0) is 15.8. The van der Waals surface area contributed by atoms with Crippen LogP contribution in [-0.4, -0.2) is 6.29 Å². The summed E-state index contributed by atoms with van der Waals surface area (Å²) in [6, 6.07) is 0. The molecule has 1 unspecified atom stereocenters. The minimum atomic E-state index is 0.745. The van der Waals surface area contributed by atoms with E-state index in [1.54, 1.807) is 0 Å². The molecule has 0 fully saturated rings. The van der Waals surface area contributed by atoms with Crippen molar-refractivity contribution in [1.82, 2.24) is 0 Å². The highest BCUT2D eigenvalue weighted by molar-refractivity contribution is 5.48. The van der Waals surface area contributed by atoms with Crippen LogP contribution in [0.5, 0.6) is 0 Å². The lowest BCUT2D eigenvalue weighted by Crippen LogP contribution is -1.94. The summed E-state index contributed by atoms with van der Waals surface area (Å²) in [6.07, 6.45) is 20.8. The molecule has 124 valence electrons. The maximum Gasteiger partial charge on any atom is 0.119 e. The molecule has 1 atom stereocenters. The molecule has 0 spiro atoms. The van der Waals surface area contributed by atoms with Gasteiger partial charge in [-0.25, -0.2) is 0 Å². The highest BCUT2D eigenvalue weighted by Crippen LogP contribution is 2.16. The van der Waals surface area contributed by atoms with Gasteiger partial charge in [0.05, 0.1) is 0 Å². The molecule has 0 aromatic rings. The van der Waals surface area contributed by atoms with Crippen LogP contribution >= 0.6 is 0 Å². The quantitative estimate of drug-likeness (QED) is 0.186. The average Bonchev–Trinajstić information content (AvgIpc) is 2.45. The zero-order valence-electron chi connectivity index (χ0n) is 14.8. The third-order valence-electron chi connectivity index (χ3n) is 4.13.